The summed E-state index contributed by atoms with van der Waals surface area (Å²) in [5, 5.41) is 9.54. The van der Waals surface area contributed by atoms with E-state index in [1.54, 1.807) is 31.2 Å². The van der Waals surface area contributed by atoms with E-state index in [9.17, 15) is 13.5 Å². The van der Waals surface area contributed by atoms with E-state index < -0.39 is 16.3 Å². The summed E-state index contributed by atoms with van der Waals surface area (Å²) >= 11 is 0. The van der Waals surface area contributed by atoms with Crippen LogP contribution < -0.4 is 4.72 Å². The standard InChI is InChI=1S/C14H22N2O3S/c1-11-6-8-16(9-7-11)20(18,19)15-14-5-3-4-13(10-14)12(2)17/h3-5,10-12,15,17H,6-9H2,1-2H3. The third kappa shape index (κ3) is 3.71. The normalized spacial score (nSPS) is 19.8. The number of nitrogens with one attached hydrogen (secondary N) is 1. The summed E-state index contributed by atoms with van der Waals surface area (Å²) in [6.07, 6.45) is 1.18. The topological polar surface area (TPSA) is 69.6 Å². The van der Waals surface area contributed by atoms with E-state index in [1.165, 1.54) is 4.31 Å². The molecule has 0 radical (unpaired) electrons. The van der Waals surface area contributed by atoms with Gasteiger partial charge in [-0.2, -0.15) is 12.7 Å². The molecule has 1 aromatic carbocycles. The van der Waals surface area contributed by atoms with Crippen molar-refractivity contribution in [1.29, 1.82) is 0 Å². The molecular weight excluding hydrogens is 276 g/mol. The molecule has 1 atom stereocenters. The van der Waals surface area contributed by atoms with E-state index in [2.05, 4.69) is 11.6 Å². The van der Waals surface area contributed by atoms with E-state index in [0.717, 1.165) is 12.8 Å². The van der Waals surface area contributed by atoms with Gasteiger partial charge in [-0.05, 0) is 43.4 Å². The van der Waals surface area contributed by atoms with Gasteiger partial charge in [0.1, 0.15) is 0 Å². The lowest BCUT2D eigenvalue weighted by atomic mass is 10.0. The van der Waals surface area contributed by atoms with Crippen molar-refractivity contribution < 1.29 is 13.5 Å². The highest BCUT2D eigenvalue weighted by Crippen LogP contribution is 2.22. The molecule has 0 amide bonds. The van der Waals surface area contributed by atoms with E-state index in [1.807, 2.05) is 0 Å². The number of benzene rings is 1. The van der Waals surface area contributed by atoms with Gasteiger partial charge in [0, 0.05) is 13.1 Å². The summed E-state index contributed by atoms with van der Waals surface area (Å²) in [5.41, 5.74) is 1.18. The monoisotopic (exact) mass is 298 g/mol. The molecule has 1 saturated heterocycles. The Kier molecular flexibility index (Phi) is 4.67. The maximum absolute atomic E-state index is 12.3. The second-order valence-corrected chi connectivity index (χ2v) is 7.16. The van der Waals surface area contributed by atoms with Gasteiger partial charge in [0.15, 0.2) is 0 Å². The van der Waals surface area contributed by atoms with Crippen molar-refractivity contribution in [2.75, 3.05) is 17.8 Å². The van der Waals surface area contributed by atoms with Gasteiger partial charge >= 0.3 is 10.2 Å². The molecule has 20 heavy (non-hydrogen) atoms. The van der Waals surface area contributed by atoms with Crippen LogP contribution in [0.3, 0.4) is 0 Å². The van der Waals surface area contributed by atoms with E-state index >= 15 is 0 Å². The van der Waals surface area contributed by atoms with Crippen molar-refractivity contribution in [3.8, 4) is 0 Å². The predicted molar refractivity (Wildman–Crippen MR) is 79.6 cm³/mol. The minimum absolute atomic E-state index is 0.488. The first-order valence-electron chi connectivity index (χ1n) is 6.94. The number of aliphatic hydroxyl groups excluding tert-OH is 1. The lowest BCUT2D eigenvalue weighted by molar-refractivity contribution is 0.199. The van der Waals surface area contributed by atoms with Crippen molar-refractivity contribution in [3.63, 3.8) is 0 Å². The quantitative estimate of drug-likeness (QED) is 0.894. The Labute approximate surface area is 120 Å². The molecule has 5 nitrogen and oxygen atoms in total. The summed E-state index contributed by atoms with van der Waals surface area (Å²) in [4.78, 5) is 0. The molecular formula is C14H22N2O3S. The first-order valence-corrected chi connectivity index (χ1v) is 8.38. The smallest absolute Gasteiger partial charge is 0.301 e. The molecule has 0 aromatic heterocycles. The van der Waals surface area contributed by atoms with Crippen molar-refractivity contribution >= 4 is 15.9 Å². The van der Waals surface area contributed by atoms with Crippen molar-refractivity contribution in [2.24, 2.45) is 5.92 Å². The van der Waals surface area contributed by atoms with Gasteiger partial charge in [-0.1, -0.05) is 19.1 Å². The van der Waals surface area contributed by atoms with Crippen molar-refractivity contribution in [3.05, 3.63) is 29.8 Å². The number of aliphatic hydroxyl groups is 1. The molecule has 0 spiro atoms. The fourth-order valence-corrected chi connectivity index (χ4v) is 3.55. The van der Waals surface area contributed by atoms with Crippen LogP contribution in [0, 0.1) is 5.92 Å². The third-order valence-electron chi connectivity index (χ3n) is 3.70. The van der Waals surface area contributed by atoms with Crippen LogP contribution in [0.15, 0.2) is 24.3 Å². The highest BCUT2D eigenvalue weighted by molar-refractivity contribution is 7.90. The fraction of sp³-hybridized carbons (Fsp3) is 0.571. The Morgan fingerprint density at radius 2 is 2.00 bits per heavy atom. The average Bonchev–Trinajstić information content (AvgIpc) is 2.39. The van der Waals surface area contributed by atoms with Gasteiger partial charge in [-0.15, -0.1) is 0 Å². The zero-order valence-corrected chi connectivity index (χ0v) is 12.7. The highest BCUT2D eigenvalue weighted by Gasteiger charge is 2.26. The van der Waals surface area contributed by atoms with Crippen LogP contribution in [0.4, 0.5) is 5.69 Å². The van der Waals surface area contributed by atoms with Crippen LogP contribution in [0.5, 0.6) is 0 Å². The molecule has 1 aromatic rings. The Balaban J connectivity index is 2.10. The zero-order chi connectivity index (χ0) is 14.8. The summed E-state index contributed by atoms with van der Waals surface area (Å²) in [6.45, 7) is 4.92. The summed E-state index contributed by atoms with van der Waals surface area (Å²) in [5.74, 6) is 0.583. The van der Waals surface area contributed by atoms with Gasteiger partial charge in [-0.25, -0.2) is 0 Å². The maximum Gasteiger partial charge on any atom is 0.301 e. The zero-order valence-electron chi connectivity index (χ0n) is 11.9. The highest BCUT2D eigenvalue weighted by atomic mass is 32.2. The van der Waals surface area contributed by atoms with Gasteiger partial charge < -0.3 is 5.11 Å². The molecule has 1 unspecified atom stereocenters. The molecule has 2 N–H and O–H groups in total. The Hall–Kier alpha value is -1.11. The molecule has 6 heteroatoms. The van der Waals surface area contributed by atoms with Gasteiger partial charge in [0.05, 0.1) is 11.8 Å². The summed E-state index contributed by atoms with van der Waals surface area (Å²) in [7, 11) is -3.50. The van der Waals surface area contributed by atoms with Gasteiger partial charge in [0.2, 0.25) is 0 Å². The molecule has 1 heterocycles. The van der Waals surface area contributed by atoms with Crippen molar-refractivity contribution in [1.82, 2.24) is 4.31 Å². The maximum atomic E-state index is 12.3. The number of rotatable bonds is 4. The number of piperidine rings is 1. The molecule has 2 rings (SSSR count). The van der Waals surface area contributed by atoms with E-state index in [4.69, 9.17) is 0 Å². The first-order chi connectivity index (χ1) is 9.38. The molecule has 112 valence electrons. The van der Waals surface area contributed by atoms with Crippen molar-refractivity contribution in [2.45, 2.75) is 32.8 Å². The van der Waals surface area contributed by atoms with Crippen LogP contribution in [0.1, 0.15) is 38.4 Å². The molecule has 1 aliphatic heterocycles. The van der Waals surface area contributed by atoms with E-state index in [-0.39, 0.29) is 0 Å². The molecule has 0 saturated carbocycles. The predicted octanol–water partition coefficient (Wildman–Crippen LogP) is 2.13. The molecule has 1 aliphatic rings. The molecule has 1 fully saturated rings. The van der Waals surface area contributed by atoms with E-state index in [0.29, 0.717) is 30.3 Å². The van der Waals surface area contributed by atoms with Crippen LogP contribution in [0.25, 0.3) is 0 Å². The molecule has 0 bridgehead atoms. The lowest BCUT2D eigenvalue weighted by Gasteiger charge is -2.29. The Morgan fingerprint density at radius 1 is 1.35 bits per heavy atom. The Morgan fingerprint density at radius 3 is 2.60 bits per heavy atom. The minimum atomic E-state index is -3.50. The number of nitrogens with zero attached hydrogens (tertiary/aromatic N) is 1. The van der Waals surface area contributed by atoms with Crippen LogP contribution in [-0.4, -0.2) is 30.9 Å². The fourth-order valence-electron chi connectivity index (χ4n) is 2.30. The van der Waals surface area contributed by atoms with Gasteiger partial charge in [-0.3, -0.25) is 4.72 Å². The number of hydrogen-bond acceptors (Lipinski definition) is 3. The van der Waals surface area contributed by atoms with Gasteiger partial charge in [0.25, 0.3) is 0 Å². The average molecular weight is 298 g/mol. The first kappa shape index (κ1) is 15.3. The van der Waals surface area contributed by atoms with Crippen LogP contribution >= 0.6 is 0 Å². The lowest BCUT2D eigenvalue weighted by Crippen LogP contribution is -2.41. The van der Waals surface area contributed by atoms with Crippen LogP contribution in [-0.2, 0) is 10.2 Å². The SMILES string of the molecule is CC1CCN(S(=O)(=O)Nc2cccc(C(C)O)c2)CC1. The largest absolute Gasteiger partial charge is 0.389 e. The second kappa shape index (κ2) is 6.11. The third-order valence-corrected chi connectivity index (χ3v) is 5.24. The number of anilines is 1. The second-order valence-electron chi connectivity index (χ2n) is 5.49. The Bertz CT molecular complexity index is 549. The molecule has 0 aliphatic carbocycles. The number of hydrogen-bond donors (Lipinski definition) is 2. The van der Waals surface area contributed by atoms with Crippen LogP contribution in [0.2, 0.25) is 0 Å². The summed E-state index contributed by atoms with van der Waals surface area (Å²) in [6, 6.07) is 6.86. The minimum Gasteiger partial charge on any atom is -0.389 e. The summed E-state index contributed by atoms with van der Waals surface area (Å²) < 4.78 is 28.7.